The number of rotatable bonds is 2. The fourth-order valence-corrected chi connectivity index (χ4v) is 7.30. The average Bonchev–Trinajstić information content (AvgIpc) is 2.68. The molecule has 27 heavy (non-hydrogen) atoms. The summed E-state index contributed by atoms with van der Waals surface area (Å²) in [6.07, 6.45) is 0. The van der Waals surface area contributed by atoms with E-state index in [-0.39, 0.29) is 0 Å². The number of benzene rings is 2. The molecule has 0 amide bonds. The van der Waals surface area contributed by atoms with Crippen LogP contribution in [0.1, 0.15) is 0 Å². The van der Waals surface area contributed by atoms with Gasteiger partial charge in [-0.25, -0.2) is 0 Å². The first-order chi connectivity index (χ1) is 13.3. The Morgan fingerprint density at radius 3 is 1.19 bits per heavy atom. The Balaban J connectivity index is 1.33. The van der Waals surface area contributed by atoms with E-state index in [4.69, 9.17) is 15.1 Å². The first-order valence-corrected chi connectivity index (χ1v) is 12.9. The Hall–Kier alpha value is -1.58. The maximum absolute atomic E-state index is 6.10. The Morgan fingerprint density at radius 2 is 0.852 bits per heavy atom. The number of anilines is 2. The predicted molar refractivity (Wildman–Crippen MR) is 107 cm³/mol. The predicted octanol–water partition coefficient (Wildman–Crippen LogP) is 2.53. The average molecular weight is 431 g/mol. The Bertz CT molecular complexity index is 619. The molecule has 2 fully saturated rings. The molecule has 2 saturated heterocycles. The van der Waals surface area contributed by atoms with Crippen LogP contribution in [0.3, 0.4) is 0 Å². The zero-order valence-electron chi connectivity index (χ0n) is 15.5. The minimum atomic E-state index is -3.63. The molecule has 2 heterocycles. The second kappa shape index (κ2) is 9.08. The molecular weight excluding hydrogens is 405 g/mol. The minimum absolute atomic E-state index is 0.553. The van der Waals surface area contributed by atoms with E-state index in [0.29, 0.717) is 26.4 Å². The molecule has 0 aliphatic carbocycles. The zero-order valence-corrected chi connectivity index (χ0v) is 17.6. The molecule has 7 heteroatoms. The van der Waals surface area contributed by atoms with Gasteiger partial charge in [-0.3, -0.25) is 0 Å². The Labute approximate surface area is 164 Å². The van der Waals surface area contributed by atoms with Gasteiger partial charge in [0.25, 0.3) is 0 Å². The molecule has 0 saturated carbocycles. The third kappa shape index (κ3) is 4.83. The summed E-state index contributed by atoms with van der Waals surface area (Å²) in [5.41, 5.74) is 2.37. The van der Waals surface area contributed by atoms with Crippen molar-refractivity contribution < 1.29 is 15.1 Å². The van der Waals surface area contributed by atoms with Crippen LogP contribution >= 0.6 is 0 Å². The monoisotopic (exact) mass is 432 g/mol. The Morgan fingerprint density at radius 1 is 0.519 bits per heavy atom. The summed E-state index contributed by atoms with van der Waals surface area (Å²) in [5, 5.41) is 0. The molecule has 1 spiro atoms. The van der Waals surface area contributed by atoms with E-state index < -0.39 is 14.6 Å². The second-order valence-electron chi connectivity index (χ2n) is 6.54. The first-order valence-electron chi connectivity index (χ1n) is 9.50. The van der Waals surface area contributed by atoms with Crippen molar-refractivity contribution in [3.8, 4) is 0 Å². The second-order valence-corrected chi connectivity index (χ2v) is 11.1. The van der Waals surface area contributed by atoms with Crippen LogP contribution in [0.2, 0.25) is 0 Å². The van der Waals surface area contributed by atoms with Crippen LogP contribution in [-0.4, -0.2) is 67.2 Å². The van der Waals surface area contributed by atoms with Crippen molar-refractivity contribution in [1.82, 2.24) is 0 Å². The van der Waals surface area contributed by atoms with E-state index in [1.54, 1.807) is 0 Å². The molecule has 4 rings (SSSR count). The van der Waals surface area contributed by atoms with Crippen molar-refractivity contribution in [1.29, 1.82) is 0 Å². The molecule has 2 aliphatic heterocycles. The van der Waals surface area contributed by atoms with Crippen LogP contribution in [0.15, 0.2) is 60.7 Å². The summed E-state index contributed by atoms with van der Waals surface area (Å²) in [7, 11) is 0. The molecule has 0 N–H and O–H groups in total. The third-order valence-corrected chi connectivity index (χ3v) is 9.48. The van der Waals surface area contributed by atoms with E-state index >= 15 is 0 Å². The van der Waals surface area contributed by atoms with Gasteiger partial charge in [0.1, 0.15) is 0 Å². The van der Waals surface area contributed by atoms with Crippen LogP contribution in [-0.2, 0) is 15.1 Å². The quantitative estimate of drug-likeness (QED) is 0.682. The SMILES string of the molecule is c1ccc(N2CC[O][Ge]3([O]CC2)[O]CCN(c2ccccc2)CC[O]3)cc1. The van der Waals surface area contributed by atoms with Crippen LogP contribution in [0.4, 0.5) is 11.4 Å². The molecule has 0 atom stereocenters. The van der Waals surface area contributed by atoms with Gasteiger partial charge in [-0.1, -0.05) is 0 Å². The summed E-state index contributed by atoms with van der Waals surface area (Å²) in [6.45, 7) is 5.45. The topological polar surface area (TPSA) is 43.4 Å². The maximum atomic E-state index is 6.10. The van der Waals surface area contributed by atoms with Gasteiger partial charge in [0.15, 0.2) is 0 Å². The van der Waals surface area contributed by atoms with Crippen LogP contribution < -0.4 is 9.80 Å². The van der Waals surface area contributed by atoms with E-state index in [9.17, 15) is 0 Å². The zero-order chi connectivity index (χ0) is 18.4. The van der Waals surface area contributed by atoms with Gasteiger partial charge in [0.2, 0.25) is 0 Å². The summed E-state index contributed by atoms with van der Waals surface area (Å²) in [5.74, 6) is 0. The third-order valence-electron chi connectivity index (χ3n) is 4.80. The molecule has 144 valence electrons. The summed E-state index contributed by atoms with van der Waals surface area (Å²) >= 11 is -3.63. The first kappa shape index (κ1) is 18.8. The van der Waals surface area contributed by atoms with Crippen molar-refractivity contribution in [2.75, 3.05) is 62.4 Å². The molecule has 0 aromatic heterocycles. The fraction of sp³-hybridized carbons (Fsp3) is 0.400. The van der Waals surface area contributed by atoms with Gasteiger partial charge in [-0.05, 0) is 0 Å². The van der Waals surface area contributed by atoms with Gasteiger partial charge >= 0.3 is 164 Å². The van der Waals surface area contributed by atoms with E-state index in [2.05, 4.69) is 58.3 Å². The summed E-state index contributed by atoms with van der Waals surface area (Å²) in [4.78, 5) is 4.55. The van der Waals surface area contributed by atoms with Crippen LogP contribution in [0.25, 0.3) is 0 Å². The van der Waals surface area contributed by atoms with Crippen LogP contribution in [0.5, 0.6) is 0 Å². The number of para-hydroxylation sites is 2. The van der Waals surface area contributed by atoms with Crippen molar-refractivity contribution in [3.63, 3.8) is 0 Å². The van der Waals surface area contributed by atoms with Crippen molar-refractivity contribution in [2.24, 2.45) is 0 Å². The number of hydrogen-bond acceptors (Lipinski definition) is 6. The van der Waals surface area contributed by atoms with Crippen LogP contribution in [0, 0.1) is 0 Å². The fourth-order valence-electron chi connectivity index (χ4n) is 3.39. The van der Waals surface area contributed by atoms with E-state index in [0.717, 1.165) is 26.2 Å². The molecule has 0 bridgehead atoms. The van der Waals surface area contributed by atoms with Gasteiger partial charge in [0.05, 0.1) is 0 Å². The molecule has 2 aliphatic rings. The number of hydrogen-bond donors (Lipinski definition) is 0. The van der Waals surface area contributed by atoms with Crippen molar-refractivity contribution >= 4 is 26.0 Å². The van der Waals surface area contributed by atoms with Crippen molar-refractivity contribution in [3.05, 3.63) is 60.7 Å². The van der Waals surface area contributed by atoms with E-state index in [1.807, 2.05) is 12.1 Å². The Kier molecular flexibility index (Phi) is 6.31. The normalized spacial score (nSPS) is 21.2. The summed E-state index contributed by atoms with van der Waals surface area (Å²) < 4.78 is 24.4. The molecule has 0 radical (unpaired) electrons. The van der Waals surface area contributed by atoms with Gasteiger partial charge in [0, 0.05) is 0 Å². The van der Waals surface area contributed by atoms with E-state index in [1.165, 1.54) is 11.4 Å². The molecule has 0 unspecified atom stereocenters. The standard InChI is InChI=1S/C20H26GeN2O4/c1-3-7-19(8-4-1)22-11-15-24-21(25-16-12-22)26-17-13-23(14-18-27-21)20-9-5-2-6-10-20/h1-10H,11-18H2. The molecule has 2 aromatic carbocycles. The van der Waals surface area contributed by atoms with Gasteiger partial charge < -0.3 is 0 Å². The number of nitrogens with zero attached hydrogens (tertiary/aromatic N) is 2. The van der Waals surface area contributed by atoms with Crippen molar-refractivity contribution in [2.45, 2.75) is 0 Å². The van der Waals surface area contributed by atoms with Gasteiger partial charge in [-0.15, -0.1) is 0 Å². The molecule has 2 aromatic rings. The molecule has 6 nitrogen and oxygen atoms in total. The van der Waals surface area contributed by atoms with Gasteiger partial charge in [-0.2, -0.15) is 0 Å². The summed E-state index contributed by atoms with van der Waals surface area (Å²) in [6, 6.07) is 20.7. The molecular formula is C20H26GeN2O4.